The van der Waals surface area contributed by atoms with Gasteiger partial charge in [-0.3, -0.25) is 0 Å². The van der Waals surface area contributed by atoms with Gasteiger partial charge in [0.05, 0.1) is 11.7 Å². The average molecular weight is 282 g/mol. The largest absolute Gasteiger partial charge is 0.375 e. The number of hydrogen-bond donors (Lipinski definition) is 1. The van der Waals surface area contributed by atoms with E-state index >= 15 is 0 Å². The Morgan fingerprint density at radius 2 is 2.17 bits per heavy atom. The maximum Gasteiger partial charge on any atom is 0.146 e. The maximum atomic E-state index is 13.7. The van der Waals surface area contributed by atoms with Crippen LogP contribution in [0.3, 0.4) is 0 Å². The van der Waals surface area contributed by atoms with Crippen molar-refractivity contribution in [3.05, 3.63) is 51.4 Å². The standard InChI is InChI=1S/C14H13ClFNS/c15-10-5-6-11(16)12(8-10)17-14(9-3-4-9)13-2-1-7-18-13/h1-2,5-9,14,17H,3-4H2. The van der Waals surface area contributed by atoms with Crippen molar-refractivity contribution in [3.8, 4) is 0 Å². The van der Waals surface area contributed by atoms with Gasteiger partial charge in [-0.15, -0.1) is 11.3 Å². The minimum atomic E-state index is -0.249. The summed E-state index contributed by atoms with van der Waals surface area (Å²) < 4.78 is 13.7. The number of nitrogens with one attached hydrogen (secondary N) is 1. The van der Waals surface area contributed by atoms with Crippen LogP contribution in [-0.4, -0.2) is 0 Å². The molecule has 1 aromatic heterocycles. The van der Waals surface area contributed by atoms with Crippen molar-refractivity contribution in [2.75, 3.05) is 5.32 Å². The summed E-state index contributed by atoms with van der Waals surface area (Å²) in [5.74, 6) is 0.364. The summed E-state index contributed by atoms with van der Waals surface area (Å²) in [6.07, 6.45) is 2.41. The molecule has 1 saturated carbocycles. The summed E-state index contributed by atoms with van der Waals surface area (Å²) in [5.41, 5.74) is 0.493. The lowest BCUT2D eigenvalue weighted by atomic mass is 10.1. The van der Waals surface area contributed by atoms with Crippen LogP contribution in [0.1, 0.15) is 23.8 Å². The fourth-order valence-electron chi connectivity index (χ4n) is 2.09. The molecule has 1 N–H and O–H groups in total. The van der Waals surface area contributed by atoms with Gasteiger partial charge >= 0.3 is 0 Å². The van der Waals surface area contributed by atoms with Gasteiger partial charge in [0.15, 0.2) is 0 Å². The second-order valence-corrected chi connectivity index (χ2v) is 6.01. The van der Waals surface area contributed by atoms with E-state index in [1.54, 1.807) is 23.5 Å². The summed E-state index contributed by atoms with van der Waals surface area (Å²) in [6.45, 7) is 0. The highest BCUT2D eigenvalue weighted by Gasteiger charge is 2.33. The van der Waals surface area contributed by atoms with Gasteiger partial charge in [0.1, 0.15) is 5.82 Å². The lowest BCUT2D eigenvalue weighted by Crippen LogP contribution is -2.12. The van der Waals surface area contributed by atoms with Gasteiger partial charge in [0.25, 0.3) is 0 Å². The Morgan fingerprint density at radius 1 is 1.33 bits per heavy atom. The predicted octanol–water partition coefficient (Wildman–Crippen LogP) is 5.10. The molecule has 0 spiro atoms. The smallest absolute Gasteiger partial charge is 0.146 e. The zero-order chi connectivity index (χ0) is 12.5. The van der Waals surface area contributed by atoms with Gasteiger partial charge in [0, 0.05) is 9.90 Å². The number of benzene rings is 1. The normalized spacial score (nSPS) is 16.6. The SMILES string of the molecule is Fc1ccc(Cl)cc1NC(c1cccs1)C1CC1. The highest BCUT2D eigenvalue weighted by atomic mass is 35.5. The molecule has 1 heterocycles. The second kappa shape index (κ2) is 4.90. The Kier molecular flexibility index (Phi) is 3.27. The van der Waals surface area contributed by atoms with Crippen LogP contribution in [0.25, 0.3) is 0 Å². The molecule has 0 radical (unpaired) electrons. The van der Waals surface area contributed by atoms with Crippen LogP contribution in [0.15, 0.2) is 35.7 Å². The highest BCUT2D eigenvalue weighted by Crippen LogP contribution is 2.44. The minimum Gasteiger partial charge on any atom is -0.375 e. The monoisotopic (exact) mass is 281 g/mol. The van der Waals surface area contributed by atoms with E-state index in [0.29, 0.717) is 16.6 Å². The van der Waals surface area contributed by atoms with Crippen LogP contribution in [0.4, 0.5) is 10.1 Å². The molecule has 1 aromatic carbocycles. The zero-order valence-corrected chi connectivity index (χ0v) is 11.3. The lowest BCUT2D eigenvalue weighted by Gasteiger charge is -2.18. The molecule has 1 atom stereocenters. The Morgan fingerprint density at radius 3 is 2.83 bits per heavy atom. The third kappa shape index (κ3) is 2.52. The molecular weight excluding hydrogens is 269 g/mol. The van der Waals surface area contributed by atoms with E-state index in [0.717, 1.165) is 0 Å². The van der Waals surface area contributed by atoms with Crippen molar-refractivity contribution >= 4 is 28.6 Å². The number of anilines is 1. The molecule has 1 aliphatic rings. The van der Waals surface area contributed by atoms with Crippen LogP contribution in [-0.2, 0) is 0 Å². The van der Waals surface area contributed by atoms with E-state index in [2.05, 4.69) is 16.8 Å². The van der Waals surface area contributed by atoms with E-state index in [4.69, 9.17) is 11.6 Å². The second-order valence-electron chi connectivity index (χ2n) is 4.60. The van der Waals surface area contributed by atoms with Crippen molar-refractivity contribution in [1.82, 2.24) is 0 Å². The summed E-state index contributed by atoms with van der Waals surface area (Å²) >= 11 is 7.63. The van der Waals surface area contributed by atoms with Gasteiger partial charge < -0.3 is 5.32 Å². The highest BCUT2D eigenvalue weighted by molar-refractivity contribution is 7.10. The summed E-state index contributed by atoms with van der Waals surface area (Å²) in [7, 11) is 0. The van der Waals surface area contributed by atoms with Gasteiger partial charge in [0.2, 0.25) is 0 Å². The van der Waals surface area contributed by atoms with Crippen molar-refractivity contribution < 1.29 is 4.39 Å². The topological polar surface area (TPSA) is 12.0 Å². The fourth-order valence-corrected chi connectivity index (χ4v) is 3.14. The maximum absolute atomic E-state index is 13.7. The number of halogens is 2. The van der Waals surface area contributed by atoms with Crippen molar-refractivity contribution in [3.63, 3.8) is 0 Å². The summed E-state index contributed by atoms with van der Waals surface area (Å²) in [4.78, 5) is 1.26. The van der Waals surface area contributed by atoms with Gasteiger partial charge in [-0.25, -0.2) is 4.39 Å². The van der Waals surface area contributed by atoms with Crippen molar-refractivity contribution in [2.45, 2.75) is 18.9 Å². The first-order valence-corrected chi connectivity index (χ1v) is 7.25. The Bertz CT molecular complexity index is 537. The molecule has 2 aromatic rings. The molecule has 0 bridgehead atoms. The van der Waals surface area contributed by atoms with E-state index in [-0.39, 0.29) is 11.9 Å². The molecule has 3 rings (SSSR count). The van der Waals surface area contributed by atoms with Gasteiger partial charge in [-0.1, -0.05) is 17.7 Å². The molecule has 0 amide bonds. The third-order valence-electron chi connectivity index (χ3n) is 3.18. The molecule has 18 heavy (non-hydrogen) atoms. The molecular formula is C14H13ClFNS. The molecule has 4 heteroatoms. The fraction of sp³-hybridized carbons (Fsp3) is 0.286. The van der Waals surface area contributed by atoms with Crippen LogP contribution in [0.2, 0.25) is 5.02 Å². The first-order chi connectivity index (χ1) is 8.74. The number of rotatable bonds is 4. The predicted molar refractivity (Wildman–Crippen MR) is 74.8 cm³/mol. The van der Waals surface area contributed by atoms with Crippen molar-refractivity contribution in [2.24, 2.45) is 5.92 Å². The average Bonchev–Trinajstić information content (AvgIpc) is 3.05. The molecule has 0 aliphatic heterocycles. The van der Waals surface area contributed by atoms with Crippen LogP contribution < -0.4 is 5.32 Å². The Hall–Kier alpha value is -1.06. The number of thiophene rings is 1. The van der Waals surface area contributed by atoms with E-state index in [1.165, 1.54) is 23.8 Å². The molecule has 1 nitrogen and oxygen atoms in total. The summed E-state index contributed by atoms with van der Waals surface area (Å²) in [5, 5.41) is 5.91. The Balaban J connectivity index is 1.86. The first-order valence-electron chi connectivity index (χ1n) is 5.99. The van der Waals surface area contributed by atoms with Crippen LogP contribution >= 0.6 is 22.9 Å². The third-order valence-corrected chi connectivity index (χ3v) is 4.37. The van der Waals surface area contributed by atoms with Gasteiger partial charge in [-0.2, -0.15) is 0 Å². The first kappa shape index (κ1) is 12.0. The quantitative estimate of drug-likeness (QED) is 0.822. The summed E-state index contributed by atoms with van der Waals surface area (Å²) in [6, 6.07) is 8.97. The lowest BCUT2D eigenvalue weighted by molar-refractivity contribution is 0.618. The van der Waals surface area contributed by atoms with Crippen LogP contribution in [0, 0.1) is 11.7 Å². The van der Waals surface area contributed by atoms with E-state index in [1.807, 2.05) is 6.07 Å². The van der Waals surface area contributed by atoms with E-state index in [9.17, 15) is 4.39 Å². The van der Waals surface area contributed by atoms with Crippen molar-refractivity contribution in [1.29, 1.82) is 0 Å². The molecule has 94 valence electrons. The molecule has 1 fully saturated rings. The zero-order valence-electron chi connectivity index (χ0n) is 9.70. The molecule has 1 unspecified atom stereocenters. The van der Waals surface area contributed by atoms with E-state index < -0.39 is 0 Å². The molecule has 0 saturated heterocycles. The Labute approximate surface area is 115 Å². The molecule has 1 aliphatic carbocycles. The van der Waals surface area contributed by atoms with Gasteiger partial charge in [-0.05, 0) is 48.4 Å². The van der Waals surface area contributed by atoms with Crippen LogP contribution in [0.5, 0.6) is 0 Å². The minimum absolute atomic E-state index is 0.206. The number of hydrogen-bond acceptors (Lipinski definition) is 2.